The minimum atomic E-state index is -0.113. The summed E-state index contributed by atoms with van der Waals surface area (Å²) in [7, 11) is 1.44. The third kappa shape index (κ3) is 8.51. The van der Waals surface area contributed by atoms with Crippen LogP contribution in [0.15, 0.2) is 60.7 Å². The van der Waals surface area contributed by atoms with Crippen LogP contribution in [0, 0.1) is 0 Å². The van der Waals surface area contributed by atoms with E-state index in [0.717, 1.165) is 43.5 Å². The number of anilines is 1. The van der Waals surface area contributed by atoms with Crippen LogP contribution in [-0.2, 0) is 9.53 Å². The van der Waals surface area contributed by atoms with Crippen molar-refractivity contribution in [3.63, 3.8) is 0 Å². The van der Waals surface area contributed by atoms with Crippen molar-refractivity contribution < 1.29 is 14.3 Å². The molecule has 4 nitrogen and oxygen atoms in total. The molecule has 0 aliphatic heterocycles. The maximum Gasteiger partial charge on any atom is 0.305 e. The van der Waals surface area contributed by atoms with Gasteiger partial charge >= 0.3 is 5.97 Å². The van der Waals surface area contributed by atoms with Gasteiger partial charge in [0.2, 0.25) is 0 Å². The summed E-state index contributed by atoms with van der Waals surface area (Å²) in [6.45, 7) is 0.733. The first-order chi connectivity index (χ1) is 14.2. The zero-order valence-corrected chi connectivity index (χ0v) is 17.5. The van der Waals surface area contributed by atoms with E-state index >= 15 is 0 Å². The number of benzene rings is 2. The summed E-state index contributed by atoms with van der Waals surface area (Å²) in [4.78, 5) is 25.9. The molecule has 1 amide bonds. The Labute approximate surface area is 174 Å². The summed E-state index contributed by atoms with van der Waals surface area (Å²) < 4.78 is 4.65. The molecule has 0 heterocycles. The van der Waals surface area contributed by atoms with Crippen molar-refractivity contribution >= 4 is 17.6 Å². The lowest BCUT2D eigenvalue weighted by Crippen LogP contribution is -2.31. The van der Waals surface area contributed by atoms with Crippen LogP contribution in [0.2, 0.25) is 0 Å². The van der Waals surface area contributed by atoms with E-state index in [1.807, 2.05) is 65.6 Å². The van der Waals surface area contributed by atoms with Crippen LogP contribution in [0.4, 0.5) is 5.69 Å². The van der Waals surface area contributed by atoms with Gasteiger partial charge in [0.25, 0.3) is 5.91 Å². The number of unbranched alkanes of at least 4 members (excludes halogenated alkanes) is 7. The normalized spacial score (nSPS) is 10.5. The molecule has 0 aliphatic rings. The van der Waals surface area contributed by atoms with Gasteiger partial charge in [0.05, 0.1) is 7.11 Å². The summed E-state index contributed by atoms with van der Waals surface area (Å²) in [5.41, 5.74) is 1.68. The van der Waals surface area contributed by atoms with Crippen molar-refractivity contribution in [1.29, 1.82) is 0 Å². The maximum absolute atomic E-state index is 13.0. The lowest BCUT2D eigenvalue weighted by molar-refractivity contribution is -0.140. The van der Waals surface area contributed by atoms with Gasteiger partial charge in [0, 0.05) is 24.2 Å². The Morgan fingerprint density at radius 3 is 1.83 bits per heavy atom. The topological polar surface area (TPSA) is 46.6 Å². The zero-order chi connectivity index (χ0) is 20.7. The Bertz CT molecular complexity index is 715. The number of methoxy groups -OCH3 is 1. The minimum absolute atomic E-state index is 0.0578. The van der Waals surface area contributed by atoms with Crippen molar-refractivity contribution in [2.24, 2.45) is 0 Å². The number of para-hydroxylation sites is 1. The molecule has 2 rings (SSSR count). The number of esters is 1. The summed E-state index contributed by atoms with van der Waals surface area (Å²) >= 11 is 0. The van der Waals surface area contributed by atoms with Crippen LogP contribution in [0.25, 0.3) is 0 Å². The SMILES string of the molecule is COC(=O)CCCCCCCCCCN(C(=O)c1ccccc1)c1ccccc1. The summed E-state index contributed by atoms with van der Waals surface area (Å²) in [6.07, 6.45) is 9.40. The maximum atomic E-state index is 13.0. The van der Waals surface area contributed by atoms with Gasteiger partial charge in [-0.3, -0.25) is 9.59 Å². The van der Waals surface area contributed by atoms with Gasteiger partial charge in [-0.05, 0) is 37.1 Å². The van der Waals surface area contributed by atoms with E-state index in [0.29, 0.717) is 6.42 Å². The van der Waals surface area contributed by atoms with Gasteiger partial charge in [0.1, 0.15) is 0 Å². The van der Waals surface area contributed by atoms with E-state index in [1.54, 1.807) is 0 Å². The number of rotatable bonds is 13. The van der Waals surface area contributed by atoms with Gasteiger partial charge in [-0.15, -0.1) is 0 Å². The first-order valence-electron chi connectivity index (χ1n) is 10.7. The van der Waals surface area contributed by atoms with Crippen LogP contribution in [-0.4, -0.2) is 25.5 Å². The third-order valence-corrected chi connectivity index (χ3v) is 5.07. The second-order valence-corrected chi connectivity index (χ2v) is 7.31. The highest BCUT2D eigenvalue weighted by atomic mass is 16.5. The molecule has 0 aliphatic carbocycles. The van der Waals surface area contributed by atoms with Gasteiger partial charge in [-0.1, -0.05) is 74.9 Å². The number of hydrogen-bond donors (Lipinski definition) is 0. The summed E-state index contributed by atoms with van der Waals surface area (Å²) in [5.74, 6) is -0.0552. The summed E-state index contributed by atoms with van der Waals surface area (Å²) in [5, 5.41) is 0. The van der Waals surface area contributed by atoms with Crippen LogP contribution in [0.3, 0.4) is 0 Å². The van der Waals surface area contributed by atoms with Gasteiger partial charge < -0.3 is 9.64 Å². The monoisotopic (exact) mass is 395 g/mol. The van der Waals surface area contributed by atoms with Crippen LogP contribution >= 0.6 is 0 Å². The molecule has 2 aromatic carbocycles. The minimum Gasteiger partial charge on any atom is -0.469 e. The molecule has 0 radical (unpaired) electrons. The largest absolute Gasteiger partial charge is 0.469 e. The van der Waals surface area contributed by atoms with Gasteiger partial charge in [-0.25, -0.2) is 0 Å². The fourth-order valence-corrected chi connectivity index (χ4v) is 3.39. The summed E-state index contributed by atoms with van der Waals surface area (Å²) in [6, 6.07) is 19.4. The van der Waals surface area contributed by atoms with Crippen LogP contribution < -0.4 is 4.90 Å². The van der Waals surface area contributed by atoms with E-state index in [9.17, 15) is 9.59 Å². The predicted octanol–water partition coefficient (Wildman–Crippen LogP) is 6.02. The highest BCUT2D eigenvalue weighted by Crippen LogP contribution is 2.18. The Morgan fingerprint density at radius 2 is 1.24 bits per heavy atom. The molecule has 156 valence electrons. The molecule has 0 bridgehead atoms. The van der Waals surface area contributed by atoms with E-state index in [1.165, 1.54) is 32.8 Å². The Morgan fingerprint density at radius 1 is 0.724 bits per heavy atom. The Hall–Kier alpha value is -2.62. The number of amides is 1. The second kappa shape index (κ2) is 13.5. The average molecular weight is 396 g/mol. The molecule has 29 heavy (non-hydrogen) atoms. The first-order valence-corrected chi connectivity index (χ1v) is 10.7. The molecule has 4 heteroatoms. The molecule has 0 aromatic heterocycles. The molecule has 0 fully saturated rings. The molecular weight excluding hydrogens is 362 g/mol. The van der Waals surface area contributed by atoms with E-state index in [-0.39, 0.29) is 11.9 Å². The van der Waals surface area contributed by atoms with Crippen molar-refractivity contribution in [2.75, 3.05) is 18.6 Å². The molecular formula is C25H33NO3. The van der Waals surface area contributed by atoms with Gasteiger partial charge in [0.15, 0.2) is 0 Å². The standard InChI is InChI=1S/C25H33NO3/c1-29-24(27)20-14-6-4-2-3-5-7-15-21-26(23-18-12-9-13-19-23)25(28)22-16-10-8-11-17-22/h8-13,16-19H,2-7,14-15,20-21H2,1H3. The molecule has 0 atom stereocenters. The lowest BCUT2D eigenvalue weighted by Gasteiger charge is -2.23. The molecule has 0 unspecified atom stereocenters. The molecule has 0 N–H and O–H groups in total. The fraction of sp³-hybridized carbons (Fsp3) is 0.440. The zero-order valence-electron chi connectivity index (χ0n) is 17.5. The number of carbonyl (C=O) groups excluding carboxylic acids is 2. The average Bonchev–Trinajstić information content (AvgIpc) is 2.78. The number of carbonyl (C=O) groups is 2. The molecule has 0 spiro atoms. The number of hydrogen-bond acceptors (Lipinski definition) is 3. The molecule has 0 saturated carbocycles. The Balaban J connectivity index is 1.70. The highest BCUT2D eigenvalue weighted by Gasteiger charge is 2.16. The predicted molar refractivity (Wildman–Crippen MR) is 118 cm³/mol. The molecule has 0 saturated heterocycles. The number of ether oxygens (including phenoxy) is 1. The fourth-order valence-electron chi connectivity index (χ4n) is 3.39. The lowest BCUT2D eigenvalue weighted by atomic mass is 10.1. The quantitative estimate of drug-likeness (QED) is 0.308. The van der Waals surface area contributed by atoms with Crippen LogP contribution in [0.5, 0.6) is 0 Å². The van der Waals surface area contributed by atoms with E-state index in [4.69, 9.17) is 0 Å². The third-order valence-electron chi connectivity index (χ3n) is 5.07. The molecule has 2 aromatic rings. The van der Waals surface area contributed by atoms with E-state index in [2.05, 4.69) is 4.74 Å². The van der Waals surface area contributed by atoms with E-state index < -0.39 is 0 Å². The Kier molecular flexibility index (Phi) is 10.6. The second-order valence-electron chi connectivity index (χ2n) is 7.31. The highest BCUT2D eigenvalue weighted by molar-refractivity contribution is 6.06. The van der Waals surface area contributed by atoms with Crippen molar-refractivity contribution in [3.8, 4) is 0 Å². The smallest absolute Gasteiger partial charge is 0.305 e. The van der Waals surface area contributed by atoms with Gasteiger partial charge in [-0.2, -0.15) is 0 Å². The van der Waals surface area contributed by atoms with Crippen molar-refractivity contribution in [2.45, 2.75) is 57.8 Å². The van der Waals surface area contributed by atoms with Crippen molar-refractivity contribution in [3.05, 3.63) is 66.2 Å². The van der Waals surface area contributed by atoms with Crippen LogP contribution in [0.1, 0.15) is 68.1 Å². The first kappa shape index (κ1) is 22.7. The van der Waals surface area contributed by atoms with Crippen molar-refractivity contribution in [1.82, 2.24) is 0 Å². The number of nitrogens with zero attached hydrogens (tertiary/aromatic N) is 1.